The van der Waals surface area contributed by atoms with Crippen molar-refractivity contribution in [3.63, 3.8) is 0 Å². The summed E-state index contributed by atoms with van der Waals surface area (Å²) in [5.41, 5.74) is -0.312. The normalized spacial score (nSPS) is 16.0. The monoisotopic (exact) mass is 437 g/mol. The molecule has 0 saturated carbocycles. The number of nitrogens with one attached hydrogen (secondary N) is 1. The Labute approximate surface area is 174 Å². The average molecular weight is 438 g/mol. The van der Waals surface area contributed by atoms with Crippen molar-refractivity contribution in [3.8, 4) is 5.75 Å². The van der Waals surface area contributed by atoms with Gasteiger partial charge in [0, 0.05) is 12.1 Å². The van der Waals surface area contributed by atoms with E-state index in [1.807, 2.05) is 5.32 Å². The number of aliphatic imine (C=N–C) groups is 1. The zero-order valence-electron chi connectivity index (χ0n) is 15.7. The van der Waals surface area contributed by atoms with Crippen LogP contribution in [0.1, 0.15) is 23.7 Å². The molecule has 1 N–H and O–H groups in total. The third-order valence-electron chi connectivity index (χ3n) is 4.24. The predicted molar refractivity (Wildman–Crippen MR) is 103 cm³/mol. The van der Waals surface area contributed by atoms with Crippen molar-refractivity contribution in [3.05, 3.63) is 70.1 Å². The van der Waals surface area contributed by atoms with E-state index in [1.165, 1.54) is 31.3 Å². The van der Waals surface area contributed by atoms with Gasteiger partial charge in [-0.3, -0.25) is 15.1 Å². The molecular formula is C20H15ClF3N3O3. The van der Waals surface area contributed by atoms with Crippen molar-refractivity contribution in [2.24, 2.45) is 10.9 Å². The largest absolute Gasteiger partial charge is 0.419 e. The third-order valence-corrected chi connectivity index (χ3v) is 4.55. The van der Waals surface area contributed by atoms with Crippen LogP contribution in [0.4, 0.5) is 18.0 Å². The van der Waals surface area contributed by atoms with Gasteiger partial charge in [-0.2, -0.15) is 13.2 Å². The molecule has 0 spiro atoms. The van der Waals surface area contributed by atoms with Crippen LogP contribution >= 0.6 is 11.6 Å². The van der Waals surface area contributed by atoms with Crippen molar-refractivity contribution >= 4 is 29.3 Å². The van der Waals surface area contributed by atoms with Gasteiger partial charge in [-0.05, 0) is 36.8 Å². The summed E-state index contributed by atoms with van der Waals surface area (Å²) in [5, 5.41) is 2.23. The van der Waals surface area contributed by atoms with E-state index in [9.17, 15) is 22.8 Å². The van der Waals surface area contributed by atoms with E-state index in [2.05, 4.69) is 9.98 Å². The molecule has 6 nitrogen and oxygen atoms in total. The Morgan fingerprint density at radius 3 is 2.60 bits per heavy atom. The lowest BCUT2D eigenvalue weighted by Crippen LogP contribution is -2.34. The van der Waals surface area contributed by atoms with Crippen molar-refractivity contribution in [1.29, 1.82) is 0 Å². The van der Waals surface area contributed by atoms with Gasteiger partial charge in [0.05, 0.1) is 16.3 Å². The molecule has 2 heterocycles. The van der Waals surface area contributed by atoms with Crippen molar-refractivity contribution < 1.29 is 27.5 Å². The summed E-state index contributed by atoms with van der Waals surface area (Å²) in [4.78, 5) is 32.7. The molecule has 0 saturated heterocycles. The number of carbonyl (C=O) groups is 2. The predicted octanol–water partition coefficient (Wildman–Crippen LogP) is 4.70. The van der Waals surface area contributed by atoms with E-state index in [0.717, 1.165) is 6.07 Å². The molecule has 1 aromatic carbocycles. The molecule has 30 heavy (non-hydrogen) atoms. The van der Waals surface area contributed by atoms with Crippen molar-refractivity contribution in [2.45, 2.75) is 20.0 Å². The molecule has 0 unspecified atom stereocenters. The lowest BCUT2D eigenvalue weighted by atomic mass is 10.0. The minimum Gasteiger partial charge on any atom is -0.409 e. The molecule has 2 aromatic rings. The van der Waals surface area contributed by atoms with Crippen LogP contribution < -0.4 is 10.1 Å². The number of benzene rings is 1. The molecule has 0 aliphatic carbocycles. The lowest BCUT2D eigenvalue weighted by Gasteiger charge is -2.14. The maximum atomic E-state index is 13.1. The quantitative estimate of drug-likeness (QED) is 0.754. The van der Waals surface area contributed by atoms with E-state index in [-0.39, 0.29) is 17.2 Å². The van der Waals surface area contributed by atoms with E-state index in [0.29, 0.717) is 16.4 Å². The fourth-order valence-corrected chi connectivity index (χ4v) is 3.06. The Hall–Kier alpha value is -3.20. The summed E-state index contributed by atoms with van der Waals surface area (Å²) < 4.78 is 44.2. The molecule has 3 rings (SSSR count). The number of nitrogens with zero attached hydrogens (tertiary/aromatic N) is 2. The summed E-state index contributed by atoms with van der Waals surface area (Å²) in [7, 11) is 0. The number of carbonyl (C=O) groups excluding carboxylic acids is 2. The second-order valence-corrected chi connectivity index (χ2v) is 6.87. The number of hydrogen-bond donors (Lipinski definition) is 1. The summed E-state index contributed by atoms with van der Waals surface area (Å²) >= 11 is 6.10. The minimum absolute atomic E-state index is 0.0891. The summed E-state index contributed by atoms with van der Waals surface area (Å²) in [6.07, 6.45) is -3.08. The first-order valence-corrected chi connectivity index (χ1v) is 9.07. The van der Waals surface area contributed by atoms with E-state index >= 15 is 0 Å². The second-order valence-electron chi connectivity index (χ2n) is 6.46. The highest BCUT2D eigenvalue weighted by Crippen LogP contribution is 2.38. The molecule has 2 amide bonds. The maximum Gasteiger partial charge on any atom is 0.419 e. The fourth-order valence-electron chi connectivity index (χ4n) is 2.84. The molecule has 156 valence electrons. The molecular weight excluding hydrogens is 423 g/mol. The van der Waals surface area contributed by atoms with Crippen LogP contribution in [0.3, 0.4) is 0 Å². The smallest absolute Gasteiger partial charge is 0.409 e. The zero-order valence-corrected chi connectivity index (χ0v) is 16.5. The number of para-hydroxylation sites is 1. The zero-order chi connectivity index (χ0) is 22.1. The minimum atomic E-state index is -4.73. The van der Waals surface area contributed by atoms with Gasteiger partial charge in [0.1, 0.15) is 17.1 Å². The van der Waals surface area contributed by atoms with Crippen molar-refractivity contribution in [1.82, 2.24) is 10.3 Å². The number of alkyl halides is 3. The highest BCUT2D eigenvalue weighted by Gasteiger charge is 2.36. The highest BCUT2D eigenvalue weighted by molar-refractivity contribution is 6.34. The number of aryl methyl sites for hydroxylation is 1. The van der Waals surface area contributed by atoms with E-state index in [4.69, 9.17) is 16.3 Å². The SMILES string of the molecule is Cc1cccc(C(F)(F)F)c1OC(=O)NC(=O)C1=C[C@H](C)C(c2ncccc2Cl)=N1. The van der Waals surface area contributed by atoms with Crippen LogP contribution in [0.5, 0.6) is 5.75 Å². The summed E-state index contributed by atoms with van der Waals surface area (Å²) in [5.74, 6) is -1.91. The van der Waals surface area contributed by atoms with Gasteiger partial charge in [-0.15, -0.1) is 0 Å². The Morgan fingerprint density at radius 2 is 1.93 bits per heavy atom. The van der Waals surface area contributed by atoms with Gasteiger partial charge in [0.2, 0.25) is 0 Å². The fraction of sp³-hybridized carbons (Fsp3) is 0.200. The van der Waals surface area contributed by atoms with Crippen LogP contribution in [0.2, 0.25) is 5.02 Å². The van der Waals surface area contributed by atoms with Gasteiger partial charge in [0.15, 0.2) is 0 Å². The summed E-state index contributed by atoms with van der Waals surface area (Å²) in [6, 6.07) is 6.59. The third kappa shape index (κ3) is 4.51. The number of pyridine rings is 1. The Bertz CT molecular complexity index is 1080. The van der Waals surface area contributed by atoms with Gasteiger partial charge >= 0.3 is 12.3 Å². The van der Waals surface area contributed by atoms with Gasteiger partial charge in [-0.1, -0.05) is 30.7 Å². The van der Waals surface area contributed by atoms with Crippen LogP contribution in [0.25, 0.3) is 0 Å². The molecule has 0 bridgehead atoms. The molecule has 1 aliphatic heterocycles. The first kappa shape index (κ1) is 21.5. The molecule has 10 heteroatoms. The van der Waals surface area contributed by atoms with E-state index in [1.54, 1.807) is 19.1 Å². The highest BCUT2D eigenvalue weighted by atomic mass is 35.5. The number of ether oxygens (including phenoxy) is 1. The number of amides is 2. The lowest BCUT2D eigenvalue weighted by molar-refractivity contribution is -0.138. The molecule has 1 aromatic heterocycles. The molecule has 1 aliphatic rings. The number of allylic oxidation sites excluding steroid dienone is 1. The molecule has 1 atom stereocenters. The van der Waals surface area contributed by atoms with Crippen LogP contribution in [0, 0.1) is 12.8 Å². The molecule has 0 fully saturated rings. The summed E-state index contributed by atoms with van der Waals surface area (Å²) in [6.45, 7) is 3.11. The maximum absolute atomic E-state index is 13.1. The number of hydrogen-bond acceptors (Lipinski definition) is 5. The number of rotatable bonds is 3. The molecule has 0 radical (unpaired) electrons. The van der Waals surface area contributed by atoms with Gasteiger partial charge in [0.25, 0.3) is 5.91 Å². The first-order valence-electron chi connectivity index (χ1n) is 8.69. The van der Waals surface area contributed by atoms with Crippen LogP contribution in [-0.2, 0) is 11.0 Å². The Morgan fingerprint density at radius 1 is 1.20 bits per heavy atom. The standard InChI is InChI=1S/C20H15ClF3N3O3/c1-10-5-3-6-12(20(22,23)24)17(10)30-19(29)27-18(28)14-9-11(2)15(26-14)16-13(21)7-4-8-25-16/h3-9,11H,1-2H3,(H,27,28,29)/t11-/m0/s1. The topological polar surface area (TPSA) is 80.6 Å². The number of imide groups is 1. The average Bonchev–Trinajstić information content (AvgIpc) is 3.04. The second kappa shape index (κ2) is 8.27. The number of aromatic nitrogens is 1. The van der Waals surface area contributed by atoms with E-state index < -0.39 is 29.5 Å². The van der Waals surface area contributed by atoms with Crippen LogP contribution in [-0.4, -0.2) is 22.7 Å². The van der Waals surface area contributed by atoms with Gasteiger partial charge < -0.3 is 4.74 Å². The van der Waals surface area contributed by atoms with Gasteiger partial charge in [-0.25, -0.2) is 9.79 Å². The Kier molecular flexibility index (Phi) is 5.93. The number of halogens is 4. The van der Waals surface area contributed by atoms with Crippen molar-refractivity contribution in [2.75, 3.05) is 0 Å². The first-order chi connectivity index (χ1) is 14.1. The van der Waals surface area contributed by atoms with Crippen LogP contribution in [0.15, 0.2) is 53.3 Å². The Balaban J connectivity index is 1.76.